The zero-order chi connectivity index (χ0) is 20.2. The Labute approximate surface area is 171 Å². The summed E-state index contributed by atoms with van der Waals surface area (Å²) in [5.41, 5.74) is 3.90. The summed E-state index contributed by atoms with van der Waals surface area (Å²) in [6.07, 6.45) is 0.752. The van der Waals surface area contributed by atoms with Crippen LogP contribution in [0.25, 0.3) is 10.9 Å². The maximum Gasteiger partial charge on any atom is 0.149 e. The minimum absolute atomic E-state index is 0.183. The Kier molecular flexibility index (Phi) is 6.19. The molecule has 3 aromatic rings. The molecule has 1 aliphatic heterocycles. The number of hydrogen-bond acceptors (Lipinski definition) is 4. The van der Waals surface area contributed by atoms with Crippen molar-refractivity contribution in [2.75, 3.05) is 26.2 Å². The van der Waals surface area contributed by atoms with Gasteiger partial charge in [0, 0.05) is 50.8 Å². The highest BCUT2D eigenvalue weighted by Crippen LogP contribution is 2.20. The van der Waals surface area contributed by atoms with Crippen LogP contribution in [0.5, 0.6) is 0 Å². The average Bonchev–Trinajstić information content (AvgIpc) is 2.72. The Balaban J connectivity index is 1.44. The van der Waals surface area contributed by atoms with Crippen molar-refractivity contribution in [3.8, 4) is 0 Å². The van der Waals surface area contributed by atoms with Crippen molar-refractivity contribution in [1.82, 2.24) is 14.8 Å². The van der Waals surface area contributed by atoms with E-state index in [-0.39, 0.29) is 12.4 Å². The first-order valence-electron chi connectivity index (χ1n) is 10.3. The van der Waals surface area contributed by atoms with E-state index in [9.17, 15) is 9.50 Å². The first-order chi connectivity index (χ1) is 14.1. The molecule has 0 unspecified atom stereocenters. The molecular weight excluding hydrogens is 365 g/mol. The Morgan fingerprint density at radius 2 is 1.86 bits per heavy atom. The molecule has 4 nitrogen and oxygen atoms in total. The fourth-order valence-corrected chi connectivity index (χ4v) is 4.13. The fraction of sp³-hybridized carbons (Fsp3) is 0.375. The molecule has 0 amide bonds. The van der Waals surface area contributed by atoms with E-state index < -0.39 is 0 Å². The highest BCUT2D eigenvalue weighted by molar-refractivity contribution is 5.79. The van der Waals surface area contributed by atoms with Crippen molar-refractivity contribution in [1.29, 1.82) is 0 Å². The lowest BCUT2D eigenvalue weighted by atomic mass is 10.1. The van der Waals surface area contributed by atoms with Gasteiger partial charge in [-0.1, -0.05) is 48.0 Å². The van der Waals surface area contributed by atoms with Crippen LogP contribution >= 0.6 is 0 Å². The van der Waals surface area contributed by atoms with Gasteiger partial charge in [0.05, 0.1) is 5.69 Å². The summed E-state index contributed by atoms with van der Waals surface area (Å²) in [5, 5.41) is 10.4. The zero-order valence-electron chi connectivity index (χ0n) is 16.9. The lowest BCUT2D eigenvalue weighted by Gasteiger charge is -2.41. The van der Waals surface area contributed by atoms with Gasteiger partial charge in [0.2, 0.25) is 0 Å². The number of aromatic nitrogens is 1. The highest BCUT2D eigenvalue weighted by Gasteiger charge is 2.27. The minimum atomic E-state index is -0.273. The molecule has 1 N–H and O–H groups in total. The summed E-state index contributed by atoms with van der Waals surface area (Å²) in [6.45, 7) is 6.64. The number of fused-ring (bicyclic) bond motifs is 1. The number of aryl methyl sites for hydroxylation is 1. The molecule has 0 saturated carbocycles. The highest BCUT2D eigenvalue weighted by atomic mass is 19.1. The van der Waals surface area contributed by atoms with Crippen LogP contribution < -0.4 is 0 Å². The predicted molar refractivity (Wildman–Crippen MR) is 114 cm³/mol. The summed E-state index contributed by atoms with van der Waals surface area (Å²) in [4.78, 5) is 9.38. The Bertz CT molecular complexity index is 960. The van der Waals surface area contributed by atoms with E-state index in [4.69, 9.17) is 0 Å². The van der Waals surface area contributed by atoms with Crippen LogP contribution in [0.15, 0.2) is 54.6 Å². The van der Waals surface area contributed by atoms with E-state index in [1.54, 1.807) is 6.07 Å². The Morgan fingerprint density at radius 1 is 1.03 bits per heavy atom. The summed E-state index contributed by atoms with van der Waals surface area (Å²) < 4.78 is 14.1. The normalized spacial score (nSPS) is 18.4. The van der Waals surface area contributed by atoms with Crippen molar-refractivity contribution in [2.45, 2.75) is 32.5 Å². The van der Waals surface area contributed by atoms with Crippen LogP contribution in [-0.4, -0.2) is 52.2 Å². The number of para-hydroxylation sites is 1. The van der Waals surface area contributed by atoms with Crippen LogP contribution in [0.2, 0.25) is 0 Å². The number of hydrogen-bond donors (Lipinski definition) is 1. The van der Waals surface area contributed by atoms with Gasteiger partial charge in [0.15, 0.2) is 0 Å². The maximum atomic E-state index is 14.1. The van der Waals surface area contributed by atoms with Gasteiger partial charge in [0.1, 0.15) is 11.3 Å². The number of halogens is 1. The largest absolute Gasteiger partial charge is 0.396 e. The molecule has 2 aromatic carbocycles. The third-order valence-electron chi connectivity index (χ3n) is 5.77. The molecule has 0 bridgehead atoms. The van der Waals surface area contributed by atoms with Crippen molar-refractivity contribution in [2.24, 2.45) is 0 Å². The van der Waals surface area contributed by atoms with E-state index in [0.717, 1.165) is 43.7 Å². The van der Waals surface area contributed by atoms with Gasteiger partial charge >= 0.3 is 0 Å². The summed E-state index contributed by atoms with van der Waals surface area (Å²) in [6, 6.07) is 18.0. The molecule has 4 rings (SSSR count). The number of benzene rings is 2. The third kappa shape index (κ3) is 4.81. The van der Waals surface area contributed by atoms with Gasteiger partial charge in [-0.05, 0) is 31.0 Å². The zero-order valence-corrected chi connectivity index (χ0v) is 16.9. The SMILES string of the molecule is Cc1ccc(CN2CCN(Cc3ccc4cccc(F)c4n3)C[C@H]2CCO)cc1. The predicted octanol–water partition coefficient (Wildman–Crippen LogP) is 3.75. The van der Waals surface area contributed by atoms with Crippen LogP contribution in [-0.2, 0) is 13.1 Å². The van der Waals surface area contributed by atoms with E-state index in [2.05, 4.69) is 46.0 Å². The van der Waals surface area contributed by atoms with Crippen LogP contribution in [0.1, 0.15) is 23.2 Å². The van der Waals surface area contributed by atoms with Crippen LogP contribution in [0.3, 0.4) is 0 Å². The molecule has 0 spiro atoms. The van der Waals surface area contributed by atoms with Gasteiger partial charge in [-0.15, -0.1) is 0 Å². The molecule has 0 radical (unpaired) electrons. The first kappa shape index (κ1) is 20.0. The second-order valence-corrected chi connectivity index (χ2v) is 7.97. The standard InChI is InChI=1S/C24H28FN3O/c1-18-5-7-19(8-6-18)15-28-13-12-27(17-22(28)11-14-29)16-21-10-9-20-3-2-4-23(25)24(20)26-21/h2-10,22,29H,11-17H2,1H3/t22-/m1/s1. The molecule has 1 fully saturated rings. The van der Waals surface area contributed by atoms with E-state index >= 15 is 0 Å². The molecule has 1 aromatic heterocycles. The molecule has 0 aliphatic carbocycles. The number of piperazine rings is 1. The van der Waals surface area contributed by atoms with Crippen molar-refractivity contribution < 1.29 is 9.50 Å². The van der Waals surface area contributed by atoms with Crippen LogP contribution in [0, 0.1) is 12.7 Å². The number of pyridine rings is 1. The van der Waals surface area contributed by atoms with Gasteiger partial charge in [-0.3, -0.25) is 9.80 Å². The molecule has 1 saturated heterocycles. The van der Waals surface area contributed by atoms with Gasteiger partial charge < -0.3 is 5.11 Å². The van der Waals surface area contributed by atoms with Crippen molar-refractivity contribution in [3.05, 3.63) is 77.2 Å². The maximum absolute atomic E-state index is 14.1. The second-order valence-electron chi connectivity index (χ2n) is 7.97. The molecule has 29 heavy (non-hydrogen) atoms. The first-order valence-corrected chi connectivity index (χ1v) is 10.3. The molecule has 1 aliphatic rings. The number of nitrogens with zero attached hydrogens (tertiary/aromatic N) is 3. The van der Waals surface area contributed by atoms with E-state index in [0.29, 0.717) is 18.1 Å². The molecule has 5 heteroatoms. The van der Waals surface area contributed by atoms with Crippen molar-refractivity contribution in [3.63, 3.8) is 0 Å². The van der Waals surface area contributed by atoms with Crippen molar-refractivity contribution >= 4 is 10.9 Å². The van der Waals surface area contributed by atoms with E-state index in [1.807, 2.05) is 18.2 Å². The topological polar surface area (TPSA) is 39.6 Å². The lowest BCUT2D eigenvalue weighted by Crippen LogP contribution is -2.52. The Morgan fingerprint density at radius 3 is 2.66 bits per heavy atom. The molecule has 152 valence electrons. The number of aliphatic hydroxyl groups excluding tert-OH is 1. The second kappa shape index (κ2) is 8.99. The molecular formula is C24H28FN3O. The van der Waals surface area contributed by atoms with Gasteiger partial charge in [-0.25, -0.2) is 9.37 Å². The average molecular weight is 394 g/mol. The monoisotopic (exact) mass is 393 g/mol. The van der Waals surface area contributed by atoms with Gasteiger partial charge in [-0.2, -0.15) is 0 Å². The van der Waals surface area contributed by atoms with E-state index in [1.165, 1.54) is 17.2 Å². The number of aliphatic hydroxyl groups is 1. The summed E-state index contributed by atoms with van der Waals surface area (Å²) in [5.74, 6) is -0.273. The van der Waals surface area contributed by atoms with Gasteiger partial charge in [0.25, 0.3) is 0 Å². The quantitative estimate of drug-likeness (QED) is 0.692. The Hall–Kier alpha value is -2.34. The molecule has 2 heterocycles. The summed E-state index contributed by atoms with van der Waals surface area (Å²) in [7, 11) is 0. The number of rotatable bonds is 6. The third-order valence-corrected chi connectivity index (χ3v) is 5.77. The lowest BCUT2D eigenvalue weighted by molar-refractivity contribution is 0.0494. The fourth-order valence-electron chi connectivity index (χ4n) is 4.13. The summed E-state index contributed by atoms with van der Waals surface area (Å²) >= 11 is 0. The van der Waals surface area contributed by atoms with Crippen LogP contribution in [0.4, 0.5) is 4.39 Å². The smallest absolute Gasteiger partial charge is 0.149 e. The molecule has 1 atom stereocenters. The minimum Gasteiger partial charge on any atom is -0.396 e.